The fourth-order valence-electron chi connectivity index (χ4n) is 3.44. The molecule has 1 aromatic heterocycles. The van der Waals surface area contributed by atoms with Gasteiger partial charge in [0.2, 0.25) is 0 Å². The van der Waals surface area contributed by atoms with E-state index in [1.807, 2.05) is 36.1 Å². The first-order valence-corrected chi connectivity index (χ1v) is 10.1. The van der Waals surface area contributed by atoms with Crippen LogP contribution in [0.2, 0.25) is 0 Å². The van der Waals surface area contributed by atoms with Gasteiger partial charge in [-0.15, -0.1) is 0 Å². The van der Waals surface area contributed by atoms with Crippen LogP contribution in [0.25, 0.3) is 10.2 Å². The first-order chi connectivity index (χ1) is 13.0. The smallest absolute Gasteiger partial charge is 0.321 e. The number of nitrogens with zero attached hydrogens (tertiary/aromatic N) is 3. The Morgan fingerprint density at radius 1 is 1.00 bits per heavy atom. The lowest BCUT2D eigenvalue weighted by atomic mass is 10.1. The number of carbonyl (C=O) groups is 1. The minimum Gasteiger partial charge on any atom is -0.345 e. The van der Waals surface area contributed by atoms with Gasteiger partial charge in [-0.3, -0.25) is 0 Å². The second kappa shape index (κ2) is 7.19. The lowest BCUT2D eigenvalue weighted by Crippen LogP contribution is -2.50. The van der Waals surface area contributed by atoms with Crippen LogP contribution in [0.5, 0.6) is 0 Å². The highest BCUT2D eigenvalue weighted by Gasteiger charge is 2.23. The number of aromatic nitrogens is 1. The van der Waals surface area contributed by atoms with Gasteiger partial charge >= 0.3 is 6.03 Å². The molecule has 6 heteroatoms. The number of urea groups is 1. The number of carbonyl (C=O) groups excluding carboxylic acids is 1. The molecule has 0 unspecified atom stereocenters. The predicted molar refractivity (Wildman–Crippen MR) is 113 cm³/mol. The lowest BCUT2D eigenvalue weighted by molar-refractivity contribution is 0.208. The number of hydrogen-bond donors (Lipinski definition) is 1. The van der Waals surface area contributed by atoms with Crippen molar-refractivity contribution >= 4 is 38.4 Å². The van der Waals surface area contributed by atoms with Crippen LogP contribution in [-0.2, 0) is 0 Å². The summed E-state index contributed by atoms with van der Waals surface area (Å²) in [5.41, 5.74) is 5.62. The molecule has 0 radical (unpaired) electrons. The molecular formula is C21H24N4OS. The van der Waals surface area contributed by atoms with Crippen molar-refractivity contribution in [1.29, 1.82) is 0 Å². The van der Waals surface area contributed by atoms with E-state index >= 15 is 0 Å². The molecule has 1 N–H and O–H groups in total. The quantitative estimate of drug-likeness (QED) is 0.708. The molecule has 2 amide bonds. The molecule has 27 heavy (non-hydrogen) atoms. The standard InChI is InChI=1S/C21H24N4OS/c1-14-4-6-17(7-5-14)22-20(26)24-8-10-25(11-9-24)21-23-18-13-15(2)12-16(3)19(18)27-21/h4-7,12-13H,8-11H2,1-3H3,(H,22,26). The van der Waals surface area contributed by atoms with E-state index in [0.717, 1.165) is 29.4 Å². The zero-order valence-electron chi connectivity index (χ0n) is 16.0. The molecule has 0 atom stereocenters. The normalized spacial score (nSPS) is 14.6. The Hall–Kier alpha value is -2.60. The van der Waals surface area contributed by atoms with Crippen molar-refractivity contribution in [3.63, 3.8) is 0 Å². The van der Waals surface area contributed by atoms with E-state index in [1.165, 1.54) is 21.4 Å². The summed E-state index contributed by atoms with van der Waals surface area (Å²) in [6.45, 7) is 9.30. The van der Waals surface area contributed by atoms with Crippen LogP contribution in [0.15, 0.2) is 36.4 Å². The molecule has 2 heterocycles. The van der Waals surface area contributed by atoms with Gasteiger partial charge in [-0.25, -0.2) is 9.78 Å². The van der Waals surface area contributed by atoms with E-state index in [9.17, 15) is 4.79 Å². The molecule has 0 saturated carbocycles. The Balaban J connectivity index is 1.40. The van der Waals surface area contributed by atoms with Crippen molar-refractivity contribution in [2.75, 3.05) is 36.4 Å². The molecule has 1 aliphatic heterocycles. The SMILES string of the molecule is Cc1ccc(NC(=O)N2CCN(c3nc4cc(C)cc(C)c4s3)CC2)cc1. The second-order valence-corrected chi connectivity index (χ2v) is 8.17. The predicted octanol–water partition coefficient (Wildman–Crippen LogP) is 4.58. The molecule has 3 aromatic rings. The molecule has 1 saturated heterocycles. The third-order valence-corrected chi connectivity index (χ3v) is 6.22. The first-order valence-electron chi connectivity index (χ1n) is 9.25. The molecular weight excluding hydrogens is 356 g/mol. The summed E-state index contributed by atoms with van der Waals surface area (Å²) < 4.78 is 1.26. The lowest BCUT2D eigenvalue weighted by Gasteiger charge is -2.34. The van der Waals surface area contributed by atoms with Crippen molar-refractivity contribution in [1.82, 2.24) is 9.88 Å². The zero-order valence-corrected chi connectivity index (χ0v) is 16.8. The van der Waals surface area contributed by atoms with Gasteiger partial charge in [-0.05, 0) is 50.1 Å². The summed E-state index contributed by atoms with van der Waals surface area (Å²) in [6, 6.07) is 12.2. The van der Waals surface area contributed by atoms with Crippen LogP contribution < -0.4 is 10.2 Å². The first kappa shape index (κ1) is 17.8. The molecule has 2 aromatic carbocycles. The van der Waals surface area contributed by atoms with Crippen LogP contribution in [0.4, 0.5) is 15.6 Å². The van der Waals surface area contributed by atoms with E-state index < -0.39 is 0 Å². The van der Waals surface area contributed by atoms with Gasteiger partial charge in [-0.2, -0.15) is 0 Å². The van der Waals surface area contributed by atoms with Gasteiger partial charge in [-0.1, -0.05) is 35.1 Å². The van der Waals surface area contributed by atoms with Crippen LogP contribution in [0.3, 0.4) is 0 Å². The molecule has 140 valence electrons. The topological polar surface area (TPSA) is 48.5 Å². The van der Waals surface area contributed by atoms with Gasteiger partial charge in [0.25, 0.3) is 0 Å². The Morgan fingerprint density at radius 3 is 2.41 bits per heavy atom. The maximum absolute atomic E-state index is 12.5. The largest absolute Gasteiger partial charge is 0.345 e. The van der Waals surface area contributed by atoms with Gasteiger partial charge < -0.3 is 15.1 Å². The monoisotopic (exact) mass is 380 g/mol. The fourth-order valence-corrected chi connectivity index (χ4v) is 4.51. The van der Waals surface area contributed by atoms with E-state index in [-0.39, 0.29) is 6.03 Å². The summed E-state index contributed by atoms with van der Waals surface area (Å²) in [4.78, 5) is 21.5. The zero-order chi connectivity index (χ0) is 19.0. The third kappa shape index (κ3) is 3.76. The molecule has 0 spiro atoms. The molecule has 0 bridgehead atoms. The molecule has 1 fully saturated rings. The van der Waals surface area contributed by atoms with Gasteiger partial charge in [0.05, 0.1) is 10.2 Å². The number of amides is 2. The van der Waals surface area contributed by atoms with E-state index in [2.05, 4.69) is 36.2 Å². The Bertz CT molecular complexity index is 972. The average molecular weight is 381 g/mol. The number of rotatable bonds is 2. The number of nitrogens with one attached hydrogen (secondary N) is 1. The summed E-state index contributed by atoms with van der Waals surface area (Å²) in [7, 11) is 0. The molecule has 0 aliphatic carbocycles. The fraction of sp³-hybridized carbons (Fsp3) is 0.333. The third-order valence-electron chi connectivity index (χ3n) is 4.95. The maximum Gasteiger partial charge on any atom is 0.321 e. The van der Waals surface area contributed by atoms with E-state index in [1.54, 1.807) is 11.3 Å². The Kier molecular flexibility index (Phi) is 4.74. The highest BCUT2D eigenvalue weighted by Crippen LogP contribution is 2.32. The number of hydrogen-bond acceptors (Lipinski definition) is 4. The number of piperazine rings is 1. The maximum atomic E-state index is 12.5. The minimum absolute atomic E-state index is 0.0331. The molecule has 1 aliphatic rings. The van der Waals surface area contributed by atoms with Crippen molar-refractivity contribution in [3.8, 4) is 0 Å². The summed E-state index contributed by atoms with van der Waals surface area (Å²) in [5, 5.41) is 4.04. The van der Waals surface area contributed by atoms with Crippen LogP contribution in [0.1, 0.15) is 16.7 Å². The minimum atomic E-state index is -0.0331. The molecule has 5 nitrogen and oxygen atoms in total. The number of thiazole rings is 1. The summed E-state index contributed by atoms with van der Waals surface area (Å²) >= 11 is 1.75. The Morgan fingerprint density at radius 2 is 1.70 bits per heavy atom. The van der Waals surface area contributed by atoms with Crippen LogP contribution in [-0.4, -0.2) is 42.1 Å². The van der Waals surface area contributed by atoms with E-state index in [0.29, 0.717) is 13.1 Å². The number of fused-ring (bicyclic) bond motifs is 1. The highest BCUT2D eigenvalue weighted by molar-refractivity contribution is 7.22. The van der Waals surface area contributed by atoms with Crippen molar-refractivity contribution < 1.29 is 4.79 Å². The van der Waals surface area contributed by atoms with Gasteiger partial charge in [0, 0.05) is 31.9 Å². The van der Waals surface area contributed by atoms with Gasteiger partial charge in [0.15, 0.2) is 5.13 Å². The molecule has 4 rings (SSSR count). The highest BCUT2D eigenvalue weighted by atomic mass is 32.1. The van der Waals surface area contributed by atoms with Gasteiger partial charge in [0.1, 0.15) is 0 Å². The second-order valence-electron chi connectivity index (χ2n) is 7.20. The van der Waals surface area contributed by atoms with E-state index in [4.69, 9.17) is 4.98 Å². The summed E-state index contributed by atoms with van der Waals surface area (Å²) in [6.07, 6.45) is 0. The Labute approximate surface area is 163 Å². The number of benzene rings is 2. The number of anilines is 2. The summed E-state index contributed by atoms with van der Waals surface area (Å²) in [5.74, 6) is 0. The number of aryl methyl sites for hydroxylation is 3. The van der Waals surface area contributed by atoms with Crippen molar-refractivity contribution in [2.45, 2.75) is 20.8 Å². The van der Waals surface area contributed by atoms with Crippen LogP contribution in [0, 0.1) is 20.8 Å². The average Bonchev–Trinajstić information content (AvgIpc) is 3.08. The van der Waals surface area contributed by atoms with Crippen molar-refractivity contribution in [2.24, 2.45) is 0 Å². The van der Waals surface area contributed by atoms with Crippen molar-refractivity contribution in [3.05, 3.63) is 53.1 Å². The van der Waals surface area contributed by atoms with Crippen LogP contribution >= 0.6 is 11.3 Å².